The van der Waals surface area contributed by atoms with Crippen LogP contribution in [0.5, 0.6) is 0 Å². The molecule has 29 heavy (non-hydrogen) atoms. The number of allylic oxidation sites excluding steroid dienone is 1. The molecule has 1 atom stereocenters. The molecule has 0 amide bonds. The average molecular weight is 457 g/mol. The third-order valence-electron chi connectivity index (χ3n) is 5.23. The molecule has 4 rings (SSSR count). The van der Waals surface area contributed by atoms with Crippen LogP contribution >= 0.6 is 18.6 Å². The molecule has 1 unspecified atom stereocenters. The van der Waals surface area contributed by atoms with E-state index in [0.29, 0.717) is 12.5 Å². The standard InChI is InChI=1S/C25H24N.2ClH.Ti/c1-17-14-18(2)25(19(3)15-17)26-16-21-9-5-7-11-23(21)24-13-12-20-8-4-6-10-22(20)24;;;/h4-15,24H,16H2,1-3H3;2*1H;/q-1;;;+2/p-2. The summed E-state index contributed by atoms with van der Waals surface area (Å²) in [6.45, 7) is 7.16. The number of rotatable bonds is 4. The van der Waals surface area contributed by atoms with Crippen molar-refractivity contribution >= 4 is 30.4 Å². The summed E-state index contributed by atoms with van der Waals surface area (Å²) in [6, 6.07) is 21.8. The molecule has 3 aromatic carbocycles. The van der Waals surface area contributed by atoms with Gasteiger partial charge in [0.25, 0.3) is 0 Å². The number of aryl methyl sites for hydroxylation is 3. The molecular formula is C25H24Cl2NTi-. The zero-order valence-corrected chi connectivity index (χ0v) is 20.0. The third-order valence-corrected chi connectivity index (χ3v) is 5.23. The average Bonchev–Trinajstić information content (AvgIpc) is 3.12. The van der Waals surface area contributed by atoms with Crippen LogP contribution in [0.1, 0.15) is 44.9 Å². The van der Waals surface area contributed by atoms with Gasteiger partial charge >= 0.3 is 35.6 Å². The van der Waals surface area contributed by atoms with Gasteiger partial charge in [-0.3, -0.25) is 0 Å². The Balaban J connectivity index is 0.000000755. The summed E-state index contributed by atoms with van der Waals surface area (Å²) in [6.07, 6.45) is 4.55. The SMILES string of the molecule is Cc1cc(C)c([N-]Cc2ccccc2C2C=Cc3ccccc32)c(C)c1.[Cl][Ti][Cl]. The molecule has 1 aliphatic rings. The van der Waals surface area contributed by atoms with E-state index in [1.54, 1.807) is 0 Å². The fraction of sp³-hybridized carbons (Fsp3) is 0.200. The second kappa shape index (κ2) is 10.5. The second-order valence-electron chi connectivity index (χ2n) is 7.30. The molecule has 0 aliphatic heterocycles. The van der Waals surface area contributed by atoms with Gasteiger partial charge < -0.3 is 5.32 Å². The number of halogens is 2. The summed E-state index contributed by atoms with van der Waals surface area (Å²) in [5.74, 6) is 0.331. The van der Waals surface area contributed by atoms with Crippen molar-refractivity contribution < 1.29 is 17.0 Å². The Hall–Kier alpha value is -1.51. The molecule has 0 bridgehead atoms. The fourth-order valence-corrected chi connectivity index (χ4v) is 4.09. The summed E-state index contributed by atoms with van der Waals surface area (Å²) in [5, 5.41) is 4.98. The first-order valence-electron chi connectivity index (χ1n) is 9.61. The molecule has 0 radical (unpaired) electrons. The van der Waals surface area contributed by atoms with Crippen LogP contribution in [-0.4, -0.2) is 0 Å². The first-order chi connectivity index (χ1) is 14.0. The summed E-state index contributed by atoms with van der Waals surface area (Å²) in [4.78, 5) is 0. The van der Waals surface area contributed by atoms with E-state index in [0.717, 1.165) is 5.69 Å². The molecule has 3 aromatic rings. The molecule has 1 aliphatic carbocycles. The fourth-order valence-electron chi connectivity index (χ4n) is 4.09. The zero-order valence-electron chi connectivity index (χ0n) is 16.9. The molecule has 0 saturated carbocycles. The summed E-state index contributed by atoms with van der Waals surface area (Å²) >= 11 is -0.556. The summed E-state index contributed by atoms with van der Waals surface area (Å²) in [5.41, 5.74) is 10.3. The normalized spacial score (nSPS) is 14.0. The predicted molar refractivity (Wildman–Crippen MR) is 123 cm³/mol. The van der Waals surface area contributed by atoms with Crippen LogP contribution in [0.25, 0.3) is 11.4 Å². The van der Waals surface area contributed by atoms with Gasteiger partial charge in [-0.15, -0.1) is 12.2 Å². The van der Waals surface area contributed by atoms with Gasteiger partial charge in [-0.05, 0) is 37.5 Å². The third kappa shape index (κ3) is 5.35. The molecule has 0 spiro atoms. The van der Waals surface area contributed by atoms with Gasteiger partial charge in [-0.25, -0.2) is 0 Å². The van der Waals surface area contributed by atoms with E-state index >= 15 is 0 Å². The molecule has 0 fully saturated rings. The number of hydrogen-bond donors (Lipinski definition) is 0. The van der Waals surface area contributed by atoms with Crippen molar-refractivity contribution in [2.45, 2.75) is 33.2 Å². The number of fused-ring (bicyclic) bond motifs is 1. The van der Waals surface area contributed by atoms with Crippen molar-refractivity contribution in [3.8, 4) is 0 Å². The molecule has 1 nitrogen and oxygen atoms in total. The van der Waals surface area contributed by atoms with E-state index in [4.69, 9.17) is 23.9 Å². The van der Waals surface area contributed by atoms with Gasteiger partial charge in [0.1, 0.15) is 0 Å². The Morgan fingerprint density at radius 1 is 0.862 bits per heavy atom. The summed E-state index contributed by atoms with van der Waals surface area (Å²) in [7, 11) is 9.78. The van der Waals surface area contributed by atoms with E-state index in [1.165, 1.54) is 38.9 Å². The molecular weight excluding hydrogens is 433 g/mol. The van der Waals surface area contributed by atoms with Crippen LogP contribution in [0.3, 0.4) is 0 Å². The first-order valence-corrected chi connectivity index (χ1v) is 13.9. The van der Waals surface area contributed by atoms with Crippen LogP contribution in [0.4, 0.5) is 5.69 Å². The molecule has 0 N–H and O–H groups in total. The van der Waals surface area contributed by atoms with E-state index in [9.17, 15) is 0 Å². The molecule has 148 valence electrons. The van der Waals surface area contributed by atoms with Crippen molar-refractivity contribution in [3.05, 3.63) is 111 Å². The zero-order chi connectivity index (χ0) is 20.8. The van der Waals surface area contributed by atoms with Crippen molar-refractivity contribution in [2.75, 3.05) is 0 Å². The van der Waals surface area contributed by atoms with Crippen LogP contribution < -0.4 is 0 Å². The molecule has 4 heteroatoms. The van der Waals surface area contributed by atoms with Gasteiger partial charge in [-0.2, -0.15) is 0 Å². The number of benzene rings is 3. The van der Waals surface area contributed by atoms with Crippen LogP contribution in [-0.2, 0) is 23.6 Å². The van der Waals surface area contributed by atoms with E-state index < -0.39 is 17.0 Å². The topological polar surface area (TPSA) is 14.1 Å². The minimum atomic E-state index is -0.556. The Morgan fingerprint density at radius 3 is 2.14 bits per heavy atom. The van der Waals surface area contributed by atoms with Crippen molar-refractivity contribution in [1.82, 2.24) is 0 Å². The quantitative estimate of drug-likeness (QED) is 0.350. The monoisotopic (exact) mass is 456 g/mol. The van der Waals surface area contributed by atoms with Gasteiger partial charge in [0, 0.05) is 5.92 Å². The van der Waals surface area contributed by atoms with Gasteiger partial charge in [0.05, 0.1) is 0 Å². The van der Waals surface area contributed by atoms with E-state index in [1.807, 2.05) is 0 Å². The van der Waals surface area contributed by atoms with E-state index in [-0.39, 0.29) is 0 Å². The predicted octanol–water partition coefficient (Wildman–Crippen LogP) is 8.35. The summed E-state index contributed by atoms with van der Waals surface area (Å²) < 4.78 is 0. The van der Waals surface area contributed by atoms with Crippen LogP contribution in [0, 0.1) is 20.8 Å². The van der Waals surface area contributed by atoms with Gasteiger partial charge in [0.15, 0.2) is 0 Å². The van der Waals surface area contributed by atoms with Crippen molar-refractivity contribution in [1.29, 1.82) is 0 Å². The molecule has 0 heterocycles. The maximum atomic E-state index is 4.98. The van der Waals surface area contributed by atoms with Gasteiger partial charge in [-0.1, -0.05) is 95.1 Å². The van der Waals surface area contributed by atoms with E-state index in [2.05, 4.69) is 93.6 Å². The number of nitrogens with zero attached hydrogens (tertiary/aromatic N) is 1. The number of hydrogen-bond acceptors (Lipinski definition) is 0. The van der Waals surface area contributed by atoms with Gasteiger partial charge in [0.2, 0.25) is 0 Å². The van der Waals surface area contributed by atoms with Crippen molar-refractivity contribution in [3.63, 3.8) is 0 Å². The van der Waals surface area contributed by atoms with Crippen LogP contribution in [0.15, 0.2) is 66.7 Å². The Kier molecular flexibility index (Phi) is 8.03. The Bertz CT molecular complexity index is 990. The molecule has 0 saturated heterocycles. The Morgan fingerprint density at radius 2 is 1.45 bits per heavy atom. The first kappa shape index (κ1) is 22.2. The Labute approximate surface area is 190 Å². The maximum absolute atomic E-state index is 4.98. The minimum absolute atomic E-state index is 0.331. The molecule has 0 aromatic heterocycles. The second-order valence-corrected chi connectivity index (χ2v) is 9.88. The van der Waals surface area contributed by atoms with Crippen molar-refractivity contribution in [2.24, 2.45) is 0 Å². The van der Waals surface area contributed by atoms with Crippen LogP contribution in [0.2, 0.25) is 0 Å².